The Morgan fingerprint density at radius 2 is 1.60 bits per heavy atom. The number of carbonyl (C=O) groups excluding carboxylic acids is 1. The highest BCUT2D eigenvalue weighted by Gasteiger charge is 2.22. The third kappa shape index (κ3) is 9.17. The predicted molar refractivity (Wildman–Crippen MR) is 128 cm³/mol. The van der Waals surface area contributed by atoms with Crippen LogP contribution in [0.4, 0.5) is 0 Å². The van der Waals surface area contributed by atoms with Crippen LogP contribution in [0.3, 0.4) is 0 Å². The molecule has 1 fully saturated rings. The van der Waals surface area contributed by atoms with Crippen molar-refractivity contribution >= 4 is 17.8 Å². The maximum Gasteiger partial charge on any atom is 0.414 e. The first-order chi connectivity index (χ1) is 16.7. The molecule has 2 N–H and O–H groups in total. The number of methoxy groups -OCH3 is 1. The van der Waals surface area contributed by atoms with Crippen molar-refractivity contribution in [2.75, 3.05) is 46.5 Å². The summed E-state index contributed by atoms with van der Waals surface area (Å²) in [7, 11) is 1.65. The van der Waals surface area contributed by atoms with Crippen LogP contribution in [-0.4, -0.2) is 84.4 Å². The monoisotopic (exact) mass is 488 g/mol. The van der Waals surface area contributed by atoms with Gasteiger partial charge in [-0.25, -0.2) is 9.59 Å². The topological polar surface area (TPSA) is 126 Å². The molecule has 190 valence electrons. The number of aryl methyl sites for hydroxylation is 1. The quantitative estimate of drug-likeness (QED) is 0.538. The minimum Gasteiger partial charge on any atom is -0.493 e. The minimum atomic E-state index is -1.82. The van der Waals surface area contributed by atoms with E-state index >= 15 is 0 Å². The Hall–Kier alpha value is -3.79. The van der Waals surface area contributed by atoms with Crippen LogP contribution in [0.5, 0.6) is 17.2 Å². The molecule has 1 aliphatic heterocycles. The summed E-state index contributed by atoms with van der Waals surface area (Å²) in [6, 6.07) is 13.8. The van der Waals surface area contributed by atoms with Gasteiger partial charge in [0.15, 0.2) is 18.1 Å². The average molecular weight is 489 g/mol. The van der Waals surface area contributed by atoms with Crippen LogP contribution < -0.4 is 14.2 Å². The summed E-state index contributed by atoms with van der Waals surface area (Å²) in [5, 5.41) is 14.8. The van der Waals surface area contributed by atoms with Crippen molar-refractivity contribution in [1.29, 1.82) is 0 Å². The molecule has 1 aliphatic rings. The number of aliphatic carboxylic acids is 2. The molecule has 0 unspecified atom stereocenters. The Balaban J connectivity index is 0.000000641. The fourth-order valence-corrected chi connectivity index (χ4v) is 3.44. The van der Waals surface area contributed by atoms with Gasteiger partial charge < -0.3 is 29.3 Å². The van der Waals surface area contributed by atoms with E-state index in [0.29, 0.717) is 19.7 Å². The van der Waals surface area contributed by atoms with Gasteiger partial charge in [0, 0.05) is 32.7 Å². The Morgan fingerprint density at radius 1 is 0.914 bits per heavy atom. The van der Waals surface area contributed by atoms with Gasteiger partial charge in [0.1, 0.15) is 5.75 Å². The Kier molecular flexibility index (Phi) is 10.8. The lowest BCUT2D eigenvalue weighted by Crippen LogP contribution is -2.49. The summed E-state index contributed by atoms with van der Waals surface area (Å²) in [5.74, 6) is -1.35. The molecular weight excluding hydrogens is 456 g/mol. The molecule has 0 spiro atoms. The van der Waals surface area contributed by atoms with Crippen LogP contribution in [0.15, 0.2) is 42.5 Å². The van der Waals surface area contributed by atoms with Crippen LogP contribution >= 0.6 is 0 Å². The minimum absolute atomic E-state index is 0.0363. The summed E-state index contributed by atoms with van der Waals surface area (Å²) in [6.07, 6.45) is 0. The van der Waals surface area contributed by atoms with E-state index < -0.39 is 11.9 Å². The van der Waals surface area contributed by atoms with Gasteiger partial charge in [0.2, 0.25) is 0 Å². The van der Waals surface area contributed by atoms with Gasteiger partial charge >= 0.3 is 11.9 Å². The van der Waals surface area contributed by atoms with Gasteiger partial charge in [0.05, 0.1) is 13.7 Å². The van der Waals surface area contributed by atoms with Gasteiger partial charge in [-0.2, -0.15) is 0 Å². The molecule has 0 radical (unpaired) electrons. The lowest BCUT2D eigenvalue weighted by atomic mass is 10.1. The smallest absolute Gasteiger partial charge is 0.414 e. The number of hydrogen-bond donors (Lipinski definition) is 2. The van der Waals surface area contributed by atoms with E-state index in [2.05, 4.69) is 11.0 Å². The van der Waals surface area contributed by atoms with Gasteiger partial charge in [0.25, 0.3) is 5.91 Å². The molecule has 1 saturated heterocycles. The molecular formula is C25H32N2O8. The second kappa shape index (κ2) is 13.8. The first-order valence-electron chi connectivity index (χ1n) is 11.2. The Labute approximate surface area is 204 Å². The third-order valence-corrected chi connectivity index (χ3v) is 5.19. The zero-order valence-corrected chi connectivity index (χ0v) is 20.2. The van der Waals surface area contributed by atoms with E-state index in [0.717, 1.165) is 42.4 Å². The first-order valence-corrected chi connectivity index (χ1v) is 11.2. The molecule has 0 aromatic heterocycles. The van der Waals surface area contributed by atoms with Gasteiger partial charge in [-0.1, -0.05) is 18.2 Å². The number of benzene rings is 2. The number of carbonyl (C=O) groups is 3. The maximum atomic E-state index is 12.5. The lowest BCUT2D eigenvalue weighted by Gasteiger charge is -2.34. The number of hydrogen-bond acceptors (Lipinski definition) is 7. The van der Waals surface area contributed by atoms with Gasteiger partial charge in [-0.15, -0.1) is 0 Å². The van der Waals surface area contributed by atoms with Crippen LogP contribution in [0.25, 0.3) is 0 Å². The third-order valence-electron chi connectivity index (χ3n) is 5.19. The fourth-order valence-electron chi connectivity index (χ4n) is 3.44. The van der Waals surface area contributed by atoms with Crippen molar-refractivity contribution in [3.63, 3.8) is 0 Å². The van der Waals surface area contributed by atoms with Crippen molar-refractivity contribution in [1.82, 2.24) is 9.80 Å². The summed E-state index contributed by atoms with van der Waals surface area (Å²) in [4.78, 5) is 34.9. The average Bonchev–Trinajstić information content (AvgIpc) is 2.84. The highest BCUT2D eigenvalue weighted by molar-refractivity contribution is 6.27. The van der Waals surface area contributed by atoms with E-state index in [1.807, 2.05) is 55.1 Å². The van der Waals surface area contributed by atoms with Crippen molar-refractivity contribution in [2.24, 2.45) is 0 Å². The summed E-state index contributed by atoms with van der Waals surface area (Å²) >= 11 is 0. The molecule has 0 bridgehead atoms. The highest BCUT2D eigenvalue weighted by Crippen LogP contribution is 2.28. The number of carboxylic acid groups (broad SMARTS) is 2. The molecule has 1 heterocycles. The zero-order chi connectivity index (χ0) is 25.8. The lowest BCUT2D eigenvalue weighted by molar-refractivity contribution is -0.159. The van der Waals surface area contributed by atoms with Crippen molar-refractivity contribution in [3.8, 4) is 17.2 Å². The van der Waals surface area contributed by atoms with Crippen LogP contribution in [0.2, 0.25) is 0 Å². The van der Waals surface area contributed by atoms with E-state index in [9.17, 15) is 4.79 Å². The Bertz CT molecular complexity index is 991. The number of ether oxygens (including phenoxy) is 3. The fraction of sp³-hybridized carbons (Fsp3) is 0.400. The molecule has 0 aliphatic carbocycles. The Morgan fingerprint density at radius 3 is 2.17 bits per heavy atom. The van der Waals surface area contributed by atoms with E-state index in [4.69, 9.17) is 34.0 Å². The normalized spacial score (nSPS) is 13.3. The standard InChI is InChI=1S/C23H30N2O4.C2H2O4/c1-4-28-22-15-19(8-9-21(22)27-3)16-24-10-12-25(13-11-24)23(26)17-29-20-7-5-6-18(2)14-20;3-1(4)2(5)6/h5-9,14-15H,4,10-13,16-17H2,1-3H3;(H,3,4)(H,5,6). The largest absolute Gasteiger partial charge is 0.493 e. The highest BCUT2D eigenvalue weighted by atomic mass is 16.5. The van der Waals surface area contributed by atoms with E-state index in [-0.39, 0.29) is 12.5 Å². The predicted octanol–water partition coefficient (Wildman–Crippen LogP) is 2.28. The summed E-state index contributed by atoms with van der Waals surface area (Å²) in [6.45, 7) is 8.59. The molecule has 3 rings (SSSR count). The second-order valence-electron chi connectivity index (χ2n) is 7.79. The van der Waals surface area contributed by atoms with E-state index in [1.165, 1.54) is 5.56 Å². The molecule has 0 atom stereocenters. The van der Waals surface area contributed by atoms with Crippen LogP contribution in [0.1, 0.15) is 18.1 Å². The van der Waals surface area contributed by atoms with Crippen LogP contribution in [-0.2, 0) is 20.9 Å². The van der Waals surface area contributed by atoms with Crippen molar-refractivity contribution in [3.05, 3.63) is 53.6 Å². The van der Waals surface area contributed by atoms with E-state index in [1.54, 1.807) is 7.11 Å². The molecule has 10 nitrogen and oxygen atoms in total. The molecule has 2 aromatic rings. The number of piperazine rings is 1. The van der Waals surface area contributed by atoms with Crippen LogP contribution in [0, 0.1) is 6.92 Å². The molecule has 1 amide bonds. The molecule has 35 heavy (non-hydrogen) atoms. The summed E-state index contributed by atoms with van der Waals surface area (Å²) in [5.41, 5.74) is 2.30. The maximum absolute atomic E-state index is 12.5. The van der Waals surface area contributed by atoms with Crippen molar-refractivity contribution in [2.45, 2.75) is 20.4 Å². The van der Waals surface area contributed by atoms with Gasteiger partial charge in [-0.05, 0) is 49.2 Å². The van der Waals surface area contributed by atoms with Gasteiger partial charge in [-0.3, -0.25) is 9.69 Å². The molecule has 2 aromatic carbocycles. The molecule has 10 heteroatoms. The number of nitrogens with zero attached hydrogens (tertiary/aromatic N) is 2. The summed E-state index contributed by atoms with van der Waals surface area (Å²) < 4.78 is 16.7. The second-order valence-corrected chi connectivity index (χ2v) is 7.79. The zero-order valence-electron chi connectivity index (χ0n) is 20.2. The molecule has 0 saturated carbocycles. The van der Waals surface area contributed by atoms with Crippen molar-refractivity contribution < 1.29 is 38.8 Å². The SMILES string of the molecule is CCOc1cc(CN2CCN(C(=O)COc3cccc(C)c3)CC2)ccc1OC.O=C(O)C(=O)O. The first kappa shape index (κ1) is 27.5. The number of amides is 1. The number of carboxylic acids is 2. The number of rotatable bonds is 8.